The number of allylic oxidation sites excluding steroid dienone is 3. The van der Waals surface area contributed by atoms with Gasteiger partial charge in [-0.3, -0.25) is 4.79 Å². The van der Waals surface area contributed by atoms with E-state index < -0.39 is 49.5 Å². The molecule has 7 unspecified atom stereocenters. The molecule has 0 spiro atoms. The van der Waals surface area contributed by atoms with Crippen molar-refractivity contribution in [1.29, 1.82) is 0 Å². The second kappa shape index (κ2) is 49.3. The predicted molar refractivity (Wildman–Crippen MR) is 286 cm³/mol. The maximum Gasteiger partial charge on any atom is 0.220 e. The Bertz CT molecular complexity index is 1120. The van der Waals surface area contributed by atoms with Gasteiger partial charge in [-0.25, -0.2) is 0 Å². The zero-order valence-electron chi connectivity index (χ0n) is 44.6. The molecule has 0 saturated carbocycles. The summed E-state index contributed by atoms with van der Waals surface area (Å²) in [6.07, 6.45) is 55.4. The quantitative estimate of drug-likeness (QED) is 0.0261. The Kier molecular flexibility index (Phi) is 46.9. The van der Waals surface area contributed by atoms with Crippen LogP contribution in [0, 0.1) is 0 Å². The second-order valence-corrected chi connectivity index (χ2v) is 20.8. The largest absolute Gasteiger partial charge is 0.394 e. The number of ether oxygens (including phenoxy) is 2. The highest BCUT2D eigenvalue weighted by atomic mass is 16.7. The molecular formula is C59H113NO8. The molecule has 402 valence electrons. The lowest BCUT2D eigenvalue weighted by atomic mass is 9.99. The summed E-state index contributed by atoms with van der Waals surface area (Å²) in [4.78, 5) is 13.0. The Morgan fingerprint density at radius 2 is 0.838 bits per heavy atom. The Labute approximate surface area is 419 Å². The van der Waals surface area contributed by atoms with Crippen LogP contribution in [0.5, 0.6) is 0 Å². The standard InChI is InChI=1S/C59H113NO8/c1-3-5-7-9-11-13-15-17-19-21-23-24-25-26-27-28-29-31-32-34-36-38-40-42-44-46-48-53(62)52(51-67-59-58(66)57(65)56(64)54(50-61)68-59)60-55(63)49-47-45-43-41-39-37-35-33-30-22-20-18-16-14-12-10-8-6-4-2/h38,40,46,48,52-54,56-59,61-62,64-66H,3-37,39,41-45,47,49-51H2,1-2H3,(H,60,63)/b40-38+,48-46+. The summed E-state index contributed by atoms with van der Waals surface area (Å²) in [6.45, 7) is 3.80. The van der Waals surface area contributed by atoms with Crippen molar-refractivity contribution in [3.63, 3.8) is 0 Å². The molecule has 0 aromatic heterocycles. The first kappa shape index (κ1) is 64.7. The minimum absolute atomic E-state index is 0.181. The van der Waals surface area contributed by atoms with E-state index >= 15 is 0 Å². The van der Waals surface area contributed by atoms with Crippen LogP contribution in [0.3, 0.4) is 0 Å². The SMILES string of the molecule is CCCCCCCCCCCCCCCCCCCCCC/C=C/CC/C=C/C(O)C(COC1OC(CO)C(O)C(O)C1O)NC(=O)CCCCCCCCCCCCCCCCCCCCC. The maximum absolute atomic E-state index is 13.0. The number of amides is 1. The van der Waals surface area contributed by atoms with E-state index in [9.17, 15) is 30.3 Å². The maximum atomic E-state index is 13.0. The molecule has 0 aliphatic carbocycles. The molecule has 7 atom stereocenters. The Morgan fingerprint density at radius 3 is 1.24 bits per heavy atom. The topological polar surface area (TPSA) is 149 Å². The van der Waals surface area contributed by atoms with Gasteiger partial charge in [0, 0.05) is 6.42 Å². The average molecular weight is 965 g/mol. The van der Waals surface area contributed by atoms with Crippen LogP contribution in [-0.2, 0) is 14.3 Å². The van der Waals surface area contributed by atoms with Gasteiger partial charge in [-0.05, 0) is 32.1 Å². The number of rotatable bonds is 51. The molecule has 9 nitrogen and oxygen atoms in total. The second-order valence-electron chi connectivity index (χ2n) is 20.8. The van der Waals surface area contributed by atoms with E-state index in [4.69, 9.17) is 9.47 Å². The average Bonchev–Trinajstić information content (AvgIpc) is 3.34. The van der Waals surface area contributed by atoms with Crippen LogP contribution in [0.15, 0.2) is 24.3 Å². The predicted octanol–water partition coefficient (Wildman–Crippen LogP) is 14.6. The minimum Gasteiger partial charge on any atom is -0.394 e. The third-order valence-corrected chi connectivity index (χ3v) is 14.3. The zero-order chi connectivity index (χ0) is 49.4. The Balaban J connectivity index is 2.23. The smallest absolute Gasteiger partial charge is 0.220 e. The molecule has 9 heteroatoms. The van der Waals surface area contributed by atoms with E-state index in [1.807, 2.05) is 6.08 Å². The summed E-state index contributed by atoms with van der Waals surface area (Å²) in [5.41, 5.74) is 0. The first-order valence-electron chi connectivity index (χ1n) is 29.6. The van der Waals surface area contributed by atoms with E-state index in [1.54, 1.807) is 6.08 Å². The van der Waals surface area contributed by atoms with Crippen molar-refractivity contribution >= 4 is 5.91 Å². The number of nitrogens with one attached hydrogen (secondary N) is 1. The number of carbonyl (C=O) groups is 1. The van der Waals surface area contributed by atoms with Crippen LogP contribution in [0.2, 0.25) is 0 Å². The fourth-order valence-corrected chi connectivity index (χ4v) is 9.59. The third kappa shape index (κ3) is 38.4. The monoisotopic (exact) mass is 964 g/mol. The van der Waals surface area contributed by atoms with Crippen LogP contribution in [0.4, 0.5) is 0 Å². The van der Waals surface area contributed by atoms with Gasteiger partial charge in [0.1, 0.15) is 24.4 Å². The molecule has 1 amide bonds. The molecule has 0 aromatic rings. The lowest BCUT2D eigenvalue weighted by Gasteiger charge is -2.40. The molecular weight excluding hydrogens is 851 g/mol. The minimum atomic E-state index is -1.57. The summed E-state index contributed by atoms with van der Waals surface area (Å²) in [5.74, 6) is -0.181. The zero-order valence-corrected chi connectivity index (χ0v) is 44.6. The van der Waals surface area contributed by atoms with E-state index in [0.29, 0.717) is 6.42 Å². The molecule has 0 aromatic carbocycles. The highest BCUT2D eigenvalue weighted by Crippen LogP contribution is 2.23. The summed E-state index contributed by atoms with van der Waals surface area (Å²) >= 11 is 0. The van der Waals surface area contributed by atoms with Gasteiger partial charge < -0.3 is 40.3 Å². The normalized spacial score (nSPS) is 19.7. The Hall–Kier alpha value is -1.33. The number of aliphatic hydroxyl groups is 5. The van der Waals surface area contributed by atoms with Crippen molar-refractivity contribution in [2.45, 2.75) is 333 Å². The number of hydrogen-bond donors (Lipinski definition) is 6. The lowest BCUT2D eigenvalue weighted by molar-refractivity contribution is -0.302. The molecule has 68 heavy (non-hydrogen) atoms. The van der Waals surface area contributed by atoms with Crippen molar-refractivity contribution in [3.8, 4) is 0 Å². The first-order chi connectivity index (χ1) is 33.3. The molecule has 0 bridgehead atoms. The van der Waals surface area contributed by atoms with E-state index in [2.05, 4.69) is 31.3 Å². The van der Waals surface area contributed by atoms with Gasteiger partial charge in [0.25, 0.3) is 0 Å². The van der Waals surface area contributed by atoms with Crippen molar-refractivity contribution in [2.24, 2.45) is 0 Å². The van der Waals surface area contributed by atoms with Crippen LogP contribution in [0.1, 0.15) is 290 Å². The first-order valence-corrected chi connectivity index (χ1v) is 29.6. The van der Waals surface area contributed by atoms with Crippen LogP contribution >= 0.6 is 0 Å². The highest BCUT2D eigenvalue weighted by Gasteiger charge is 2.44. The number of unbranched alkanes of at least 4 members (excludes halogenated alkanes) is 39. The van der Waals surface area contributed by atoms with Crippen molar-refractivity contribution < 1.29 is 39.8 Å². The van der Waals surface area contributed by atoms with Crippen LogP contribution in [0.25, 0.3) is 0 Å². The number of aliphatic hydroxyl groups excluding tert-OH is 5. The van der Waals surface area contributed by atoms with Gasteiger partial charge in [0.15, 0.2) is 6.29 Å². The fourth-order valence-electron chi connectivity index (χ4n) is 9.59. The van der Waals surface area contributed by atoms with Gasteiger partial charge in [0.2, 0.25) is 5.91 Å². The van der Waals surface area contributed by atoms with Gasteiger partial charge in [-0.1, -0.05) is 276 Å². The Morgan fingerprint density at radius 1 is 0.485 bits per heavy atom. The summed E-state index contributed by atoms with van der Waals surface area (Å²) in [5, 5.41) is 54.5. The van der Waals surface area contributed by atoms with Crippen molar-refractivity contribution in [1.82, 2.24) is 5.32 Å². The van der Waals surface area contributed by atoms with Gasteiger partial charge in [0.05, 0.1) is 25.4 Å². The summed E-state index contributed by atoms with van der Waals surface area (Å²) in [7, 11) is 0. The summed E-state index contributed by atoms with van der Waals surface area (Å²) < 4.78 is 11.3. The van der Waals surface area contributed by atoms with E-state index in [-0.39, 0.29) is 12.5 Å². The molecule has 0 radical (unpaired) electrons. The summed E-state index contributed by atoms with van der Waals surface area (Å²) in [6, 6.07) is -0.818. The number of hydrogen-bond acceptors (Lipinski definition) is 8. The van der Waals surface area contributed by atoms with Crippen LogP contribution < -0.4 is 5.32 Å². The lowest BCUT2D eigenvalue weighted by Crippen LogP contribution is -2.60. The van der Waals surface area contributed by atoms with Crippen molar-refractivity contribution in [3.05, 3.63) is 24.3 Å². The molecule has 1 aliphatic rings. The van der Waals surface area contributed by atoms with Gasteiger partial charge in [-0.15, -0.1) is 0 Å². The van der Waals surface area contributed by atoms with Gasteiger partial charge >= 0.3 is 0 Å². The highest BCUT2D eigenvalue weighted by molar-refractivity contribution is 5.76. The van der Waals surface area contributed by atoms with E-state index in [0.717, 1.165) is 38.5 Å². The molecule has 1 heterocycles. The molecule has 1 rings (SSSR count). The van der Waals surface area contributed by atoms with Gasteiger partial charge in [-0.2, -0.15) is 0 Å². The molecule has 1 saturated heterocycles. The molecule has 1 aliphatic heterocycles. The van der Waals surface area contributed by atoms with E-state index in [1.165, 1.54) is 231 Å². The number of carbonyl (C=O) groups excluding carboxylic acids is 1. The molecule has 6 N–H and O–H groups in total. The van der Waals surface area contributed by atoms with Crippen LogP contribution in [-0.4, -0.2) is 87.5 Å². The van der Waals surface area contributed by atoms with Crippen molar-refractivity contribution in [2.75, 3.05) is 13.2 Å². The fraction of sp³-hybridized carbons (Fsp3) is 0.915. The molecule has 1 fully saturated rings. The third-order valence-electron chi connectivity index (χ3n) is 14.3.